The lowest BCUT2D eigenvalue weighted by molar-refractivity contribution is -0.152. The van der Waals surface area contributed by atoms with Crippen LogP contribution >= 0.6 is 0 Å². The van der Waals surface area contributed by atoms with Gasteiger partial charge in [-0.15, -0.1) is 0 Å². The fraction of sp³-hybridized carbons (Fsp3) is 0.833. The van der Waals surface area contributed by atoms with E-state index in [1.54, 1.807) is 6.92 Å². The van der Waals surface area contributed by atoms with Gasteiger partial charge in [0.1, 0.15) is 12.2 Å². The van der Waals surface area contributed by atoms with Crippen LogP contribution in [0.15, 0.2) is 0 Å². The molecule has 0 radical (unpaired) electrons. The lowest BCUT2D eigenvalue weighted by atomic mass is 10.0. The first-order valence-electron chi connectivity index (χ1n) is 3.50. The van der Waals surface area contributed by atoms with E-state index in [0.717, 1.165) is 0 Å². The van der Waals surface area contributed by atoms with Crippen LogP contribution in [0.25, 0.3) is 0 Å². The van der Waals surface area contributed by atoms with Gasteiger partial charge >= 0.3 is 5.97 Å². The number of ether oxygens (including phenoxy) is 1. The SMILES string of the molecule is CC1NOC2C(=O)OC1C2O. The molecule has 5 heteroatoms. The Morgan fingerprint density at radius 1 is 1.64 bits per heavy atom. The number of aliphatic hydroxyl groups is 1. The number of nitrogens with one attached hydrogen (secondary N) is 1. The molecular weight excluding hydrogens is 150 g/mol. The van der Waals surface area contributed by atoms with Crippen LogP contribution in [0.3, 0.4) is 0 Å². The summed E-state index contributed by atoms with van der Waals surface area (Å²) in [6.45, 7) is 1.78. The molecule has 0 amide bonds. The molecule has 0 aliphatic carbocycles. The summed E-state index contributed by atoms with van der Waals surface area (Å²) in [5, 5.41) is 9.34. The normalized spacial score (nSPS) is 49.1. The number of esters is 1. The molecule has 2 aliphatic heterocycles. The highest BCUT2D eigenvalue weighted by Gasteiger charge is 2.51. The summed E-state index contributed by atoms with van der Waals surface area (Å²) in [7, 11) is 0. The summed E-state index contributed by atoms with van der Waals surface area (Å²) in [5.74, 6) is -0.487. The Balaban J connectivity index is 2.23. The molecule has 2 fully saturated rings. The summed E-state index contributed by atoms with van der Waals surface area (Å²) >= 11 is 0. The molecule has 0 spiro atoms. The molecule has 0 aromatic carbocycles. The van der Waals surface area contributed by atoms with Gasteiger partial charge in [0.15, 0.2) is 0 Å². The van der Waals surface area contributed by atoms with Gasteiger partial charge in [0.25, 0.3) is 0 Å². The monoisotopic (exact) mass is 159 g/mol. The van der Waals surface area contributed by atoms with Gasteiger partial charge in [0, 0.05) is 0 Å². The third-order valence-corrected chi connectivity index (χ3v) is 2.01. The van der Waals surface area contributed by atoms with E-state index in [-0.39, 0.29) is 6.04 Å². The second kappa shape index (κ2) is 2.17. The average molecular weight is 159 g/mol. The predicted molar refractivity (Wildman–Crippen MR) is 33.4 cm³/mol. The van der Waals surface area contributed by atoms with Gasteiger partial charge in [-0.25, -0.2) is 4.79 Å². The zero-order valence-electron chi connectivity index (χ0n) is 5.98. The van der Waals surface area contributed by atoms with Crippen LogP contribution in [0.4, 0.5) is 0 Å². The average Bonchev–Trinajstić information content (AvgIpc) is 2.12. The Bertz CT molecular complexity index is 195. The Hall–Kier alpha value is -0.650. The maximum Gasteiger partial charge on any atom is 0.340 e. The van der Waals surface area contributed by atoms with Crippen LogP contribution in [0.2, 0.25) is 0 Å². The Morgan fingerprint density at radius 3 is 3.00 bits per heavy atom. The van der Waals surface area contributed by atoms with Crippen molar-refractivity contribution in [1.29, 1.82) is 0 Å². The minimum atomic E-state index is -0.837. The van der Waals surface area contributed by atoms with Crippen LogP contribution in [-0.4, -0.2) is 35.4 Å². The summed E-state index contributed by atoms with van der Waals surface area (Å²) in [4.78, 5) is 15.7. The fourth-order valence-corrected chi connectivity index (χ4v) is 1.35. The minimum absolute atomic E-state index is 0.146. The maximum absolute atomic E-state index is 10.9. The molecule has 62 valence electrons. The van der Waals surface area contributed by atoms with Crippen molar-refractivity contribution >= 4 is 5.97 Å². The van der Waals surface area contributed by atoms with Crippen molar-refractivity contribution < 1.29 is 19.5 Å². The Kier molecular flexibility index (Phi) is 1.38. The number of rotatable bonds is 0. The highest BCUT2D eigenvalue weighted by Crippen LogP contribution is 2.24. The summed E-state index contributed by atoms with van der Waals surface area (Å²) in [5.41, 5.74) is 2.60. The van der Waals surface area contributed by atoms with Crippen LogP contribution in [0.1, 0.15) is 6.92 Å². The molecular formula is C6H9NO4. The molecule has 4 unspecified atom stereocenters. The number of hydroxylamine groups is 1. The fourth-order valence-electron chi connectivity index (χ4n) is 1.35. The maximum atomic E-state index is 10.9. The molecule has 4 atom stereocenters. The lowest BCUT2D eigenvalue weighted by Gasteiger charge is -2.27. The number of fused-ring (bicyclic) bond motifs is 2. The highest BCUT2D eigenvalue weighted by atomic mass is 16.7. The first-order valence-corrected chi connectivity index (χ1v) is 3.50. The van der Waals surface area contributed by atoms with Crippen LogP contribution in [0.5, 0.6) is 0 Å². The number of carbonyl (C=O) groups is 1. The van der Waals surface area contributed by atoms with E-state index >= 15 is 0 Å². The van der Waals surface area contributed by atoms with Crippen molar-refractivity contribution in [2.75, 3.05) is 0 Å². The van der Waals surface area contributed by atoms with Gasteiger partial charge < -0.3 is 9.84 Å². The van der Waals surface area contributed by atoms with E-state index in [9.17, 15) is 9.90 Å². The molecule has 0 saturated carbocycles. The van der Waals surface area contributed by atoms with Crippen molar-refractivity contribution in [3.63, 3.8) is 0 Å². The summed E-state index contributed by atoms with van der Waals surface area (Å²) in [6.07, 6.45) is -2.11. The zero-order chi connectivity index (χ0) is 8.01. The van der Waals surface area contributed by atoms with Crippen LogP contribution < -0.4 is 5.48 Å². The van der Waals surface area contributed by atoms with Gasteiger partial charge in [-0.1, -0.05) is 0 Å². The number of hydrogen-bond donors (Lipinski definition) is 2. The van der Waals surface area contributed by atoms with Gasteiger partial charge in [-0.3, -0.25) is 4.84 Å². The zero-order valence-corrected chi connectivity index (χ0v) is 5.98. The van der Waals surface area contributed by atoms with Crippen molar-refractivity contribution in [1.82, 2.24) is 5.48 Å². The lowest BCUT2D eigenvalue weighted by Crippen LogP contribution is -2.52. The Labute approximate surface area is 63.2 Å². The van der Waals surface area contributed by atoms with Crippen LogP contribution in [-0.2, 0) is 14.4 Å². The van der Waals surface area contributed by atoms with Gasteiger partial charge in [0.2, 0.25) is 6.10 Å². The molecule has 2 N–H and O–H groups in total. The van der Waals surface area contributed by atoms with Gasteiger partial charge in [0.05, 0.1) is 6.04 Å². The summed E-state index contributed by atoms with van der Waals surface area (Å²) in [6, 6.07) is -0.146. The van der Waals surface area contributed by atoms with Gasteiger partial charge in [-0.05, 0) is 6.92 Å². The number of carbonyl (C=O) groups excluding carboxylic acids is 1. The molecule has 2 rings (SSSR count). The van der Waals surface area contributed by atoms with E-state index in [0.29, 0.717) is 0 Å². The van der Waals surface area contributed by atoms with E-state index < -0.39 is 24.3 Å². The quantitative estimate of drug-likeness (QED) is 0.424. The van der Waals surface area contributed by atoms with Crippen molar-refractivity contribution in [3.05, 3.63) is 0 Å². The molecule has 2 bridgehead atoms. The standard InChI is InChI=1S/C6H9NO4/c1-2-4-3(8)5(11-7-2)6(9)10-4/h2-5,7-8H,1H3. The molecule has 11 heavy (non-hydrogen) atoms. The van der Waals surface area contributed by atoms with E-state index in [4.69, 9.17) is 9.57 Å². The van der Waals surface area contributed by atoms with Crippen molar-refractivity contribution in [3.8, 4) is 0 Å². The molecule has 5 nitrogen and oxygen atoms in total. The number of hydrogen-bond acceptors (Lipinski definition) is 5. The molecule has 2 saturated heterocycles. The number of aliphatic hydroxyl groups excluding tert-OH is 1. The van der Waals surface area contributed by atoms with Crippen LogP contribution in [0, 0.1) is 0 Å². The second-order valence-electron chi connectivity index (χ2n) is 2.84. The molecule has 2 heterocycles. The van der Waals surface area contributed by atoms with Gasteiger partial charge in [-0.2, -0.15) is 5.48 Å². The first-order chi connectivity index (χ1) is 5.20. The summed E-state index contributed by atoms with van der Waals surface area (Å²) < 4.78 is 4.83. The largest absolute Gasteiger partial charge is 0.456 e. The Morgan fingerprint density at radius 2 is 2.36 bits per heavy atom. The van der Waals surface area contributed by atoms with Crippen molar-refractivity contribution in [2.24, 2.45) is 0 Å². The van der Waals surface area contributed by atoms with E-state index in [1.165, 1.54) is 0 Å². The third-order valence-electron chi connectivity index (χ3n) is 2.01. The topological polar surface area (TPSA) is 67.8 Å². The predicted octanol–water partition coefficient (Wildman–Crippen LogP) is -1.44. The second-order valence-corrected chi connectivity index (χ2v) is 2.84. The first kappa shape index (κ1) is 7.02. The van der Waals surface area contributed by atoms with E-state index in [1.807, 2.05) is 0 Å². The third kappa shape index (κ3) is 0.852. The highest BCUT2D eigenvalue weighted by molar-refractivity contribution is 5.78. The smallest absolute Gasteiger partial charge is 0.340 e. The van der Waals surface area contributed by atoms with Crippen molar-refractivity contribution in [2.45, 2.75) is 31.3 Å². The molecule has 2 aliphatic rings. The molecule has 0 aromatic rings. The minimum Gasteiger partial charge on any atom is -0.456 e. The van der Waals surface area contributed by atoms with E-state index in [2.05, 4.69) is 5.48 Å². The molecule has 0 aromatic heterocycles.